The molecule has 0 fully saturated rings. The Hall–Kier alpha value is -2.33. The summed E-state index contributed by atoms with van der Waals surface area (Å²) in [4.78, 5) is 11.8. The fourth-order valence-corrected chi connectivity index (χ4v) is 2.44. The standard InChI is InChI=1S/C16H14ClN3O/c17-13-6-2-3-7-14(13)18-9-10-20-15-8-4-1-5-12(15)16(21)11-19-20/h1-8,11,18H,9-10H2. The van der Waals surface area contributed by atoms with E-state index in [2.05, 4.69) is 10.4 Å². The van der Waals surface area contributed by atoms with Crippen LogP contribution in [0.4, 0.5) is 5.69 Å². The number of nitrogens with zero attached hydrogens (tertiary/aromatic N) is 2. The fraction of sp³-hybridized carbons (Fsp3) is 0.125. The van der Waals surface area contributed by atoms with Crippen molar-refractivity contribution in [3.05, 3.63) is 70.0 Å². The number of rotatable bonds is 4. The lowest BCUT2D eigenvalue weighted by molar-refractivity contribution is 0.646. The minimum atomic E-state index is -0.0547. The van der Waals surface area contributed by atoms with Crippen molar-refractivity contribution in [2.24, 2.45) is 0 Å². The highest BCUT2D eigenvalue weighted by Gasteiger charge is 2.03. The van der Waals surface area contributed by atoms with Crippen LogP contribution < -0.4 is 10.7 Å². The van der Waals surface area contributed by atoms with Gasteiger partial charge in [0.05, 0.1) is 29.0 Å². The van der Waals surface area contributed by atoms with E-state index in [4.69, 9.17) is 11.6 Å². The molecule has 0 radical (unpaired) electrons. The van der Waals surface area contributed by atoms with Gasteiger partial charge in [-0.2, -0.15) is 5.10 Å². The van der Waals surface area contributed by atoms with E-state index in [1.807, 2.05) is 53.2 Å². The van der Waals surface area contributed by atoms with Gasteiger partial charge in [-0.3, -0.25) is 9.48 Å². The third kappa shape index (κ3) is 2.90. The lowest BCUT2D eigenvalue weighted by Gasteiger charge is -2.11. The maximum absolute atomic E-state index is 11.8. The van der Waals surface area contributed by atoms with Crippen molar-refractivity contribution in [3.63, 3.8) is 0 Å². The molecule has 0 amide bonds. The summed E-state index contributed by atoms with van der Waals surface area (Å²) in [5.41, 5.74) is 1.68. The third-order valence-electron chi connectivity index (χ3n) is 3.27. The largest absolute Gasteiger partial charge is 0.382 e. The van der Waals surface area contributed by atoms with Crippen LogP contribution in [0, 0.1) is 0 Å². The molecule has 0 saturated carbocycles. The highest BCUT2D eigenvalue weighted by Crippen LogP contribution is 2.20. The maximum atomic E-state index is 11.8. The molecule has 4 nitrogen and oxygen atoms in total. The van der Waals surface area contributed by atoms with E-state index in [9.17, 15) is 4.79 Å². The molecule has 3 rings (SSSR count). The van der Waals surface area contributed by atoms with Crippen LogP contribution in [-0.4, -0.2) is 16.3 Å². The Balaban J connectivity index is 1.79. The Kier molecular flexibility index (Phi) is 3.88. The molecular weight excluding hydrogens is 286 g/mol. The number of nitrogens with one attached hydrogen (secondary N) is 1. The summed E-state index contributed by atoms with van der Waals surface area (Å²) in [5.74, 6) is 0. The number of fused-ring (bicyclic) bond motifs is 1. The van der Waals surface area contributed by atoms with E-state index in [-0.39, 0.29) is 5.43 Å². The van der Waals surface area contributed by atoms with Crippen molar-refractivity contribution in [1.29, 1.82) is 0 Å². The molecular formula is C16H14ClN3O. The van der Waals surface area contributed by atoms with Gasteiger partial charge in [-0.25, -0.2) is 0 Å². The number of hydrogen-bond donors (Lipinski definition) is 1. The molecule has 0 saturated heterocycles. The number of aromatic nitrogens is 2. The molecule has 1 aromatic heterocycles. The summed E-state index contributed by atoms with van der Waals surface area (Å²) < 4.78 is 1.82. The lowest BCUT2D eigenvalue weighted by Crippen LogP contribution is -2.17. The first kappa shape index (κ1) is 13.6. The summed E-state index contributed by atoms with van der Waals surface area (Å²) >= 11 is 6.10. The van der Waals surface area contributed by atoms with Crippen molar-refractivity contribution in [2.75, 3.05) is 11.9 Å². The zero-order chi connectivity index (χ0) is 14.7. The second kappa shape index (κ2) is 5.97. The van der Waals surface area contributed by atoms with Gasteiger partial charge in [-0.05, 0) is 24.3 Å². The first-order valence-electron chi connectivity index (χ1n) is 6.69. The van der Waals surface area contributed by atoms with Gasteiger partial charge in [0.15, 0.2) is 0 Å². The van der Waals surface area contributed by atoms with Crippen LogP contribution >= 0.6 is 11.6 Å². The van der Waals surface area contributed by atoms with Crippen molar-refractivity contribution in [2.45, 2.75) is 6.54 Å². The number of hydrogen-bond acceptors (Lipinski definition) is 3. The number of anilines is 1. The highest BCUT2D eigenvalue weighted by molar-refractivity contribution is 6.33. The van der Waals surface area contributed by atoms with Gasteiger partial charge in [0, 0.05) is 11.9 Å². The van der Waals surface area contributed by atoms with Gasteiger partial charge in [-0.15, -0.1) is 0 Å². The van der Waals surface area contributed by atoms with Gasteiger partial charge < -0.3 is 5.32 Å². The van der Waals surface area contributed by atoms with Gasteiger partial charge >= 0.3 is 0 Å². The second-order valence-electron chi connectivity index (χ2n) is 4.66. The summed E-state index contributed by atoms with van der Waals surface area (Å²) in [7, 11) is 0. The van der Waals surface area contributed by atoms with E-state index in [0.29, 0.717) is 23.5 Å². The van der Waals surface area contributed by atoms with Crippen LogP contribution in [0.15, 0.2) is 59.5 Å². The van der Waals surface area contributed by atoms with Gasteiger partial charge in [0.2, 0.25) is 5.43 Å². The van der Waals surface area contributed by atoms with Crippen molar-refractivity contribution in [1.82, 2.24) is 9.78 Å². The average molecular weight is 300 g/mol. The first-order chi connectivity index (χ1) is 10.3. The van der Waals surface area contributed by atoms with Gasteiger partial charge in [-0.1, -0.05) is 35.9 Å². The monoisotopic (exact) mass is 299 g/mol. The molecule has 0 aliphatic carbocycles. The minimum absolute atomic E-state index is 0.0547. The van der Waals surface area contributed by atoms with E-state index in [1.54, 1.807) is 0 Å². The van der Waals surface area contributed by atoms with Gasteiger partial charge in [0.1, 0.15) is 0 Å². The van der Waals surface area contributed by atoms with E-state index >= 15 is 0 Å². The Morgan fingerprint density at radius 3 is 2.71 bits per heavy atom. The summed E-state index contributed by atoms with van der Waals surface area (Å²) in [6.45, 7) is 1.32. The fourth-order valence-electron chi connectivity index (χ4n) is 2.24. The topological polar surface area (TPSA) is 46.9 Å². The average Bonchev–Trinajstić information content (AvgIpc) is 2.52. The zero-order valence-electron chi connectivity index (χ0n) is 11.3. The molecule has 1 heterocycles. The van der Waals surface area contributed by atoms with Crippen molar-refractivity contribution >= 4 is 28.2 Å². The van der Waals surface area contributed by atoms with E-state index < -0.39 is 0 Å². The molecule has 2 aromatic carbocycles. The predicted molar refractivity (Wildman–Crippen MR) is 85.9 cm³/mol. The quantitative estimate of drug-likeness (QED) is 0.805. The molecule has 1 N–H and O–H groups in total. The first-order valence-corrected chi connectivity index (χ1v) is 7.07. The van der Waals surface area contributed by atoms with Crippen LogP contribution in [0.2, 0.25) is 5.02 Å². The Labute approximate surface area is 127 Å². The third-order valence-corrected chi connectivity index (χ3v) is 3.60. The Morgan fingerprint density at radius 1 is 1.10 bits per heavy atom. The molecule has 0 aliphatic heterocycles. The predicted octanol–water partition coefficient (Wildman–Crippen LogP) is 3.16. The Morgan fingerprint density at radius 2 is 1.86 bits per heavy atom. The number of halogens is 1. The van der Waals surface area contributed by atoms with Crippen LogP contribution in [0.25, 0.3) is 10.9 Å². The molecule has 106 valence electrons. The molecule has 0 unspecified atom stereocenters. The smallest absolute Gasteiger partial charge is 0.207 e. The van der Waals surface area contributed by atoms with Crippen LogP contribution in [0.1, 0.15) is 0 Å². The molecule has 21 heavy (non-hydrogen) atoms. The Bertz CT molecular complexity index is 829. The molecule has 0 atom stereocenters. The lowest BCUT2D eigenvalue weighted by atomic mass is 10.2. The molecule has 0 aliphatic rings. The maximum Gasteiger partial charge on any atom is 0.207 e. The molecule has 0 bridgehead atoms. The summed E-state index contributed by atoms with van der Waals surface area (Å²) in [5, 5.41) is 8.84. The number of benzene rings is 2. The van der Waals surface area contributed by atoms with Crippen LogP contribution in [-0.2, 0) is 6.54 Å². The second-order valence-corrected chi connectivity index (χ2v) is 5.06. The van der Waals surface area contributed by atoms with Crippen molar-refractivity contribution < 1.29 is 0 Å². The highest BCUT2D eigenvalue weighted by atomic mass is 35.5. The van der Waals surface area contributed by atoms with E-state index in [0.717, 1.165) is 11.2 Å². The zero-order valence-corrected chi connectivity index (χ0v) is 12.0. The van der Waals surface area contributed by atoms with Crippen molar-refractivity contribution in [3.8, 4) is 0 Å². The number of para-hydroxylation sites is 2. The molecule has 3 aromatic rings. The summed E-state index contributed by atoms with van der Waals surface area (Å²) in [6.07, 6.45) is 1.36. The van der Waals surface area contributed by atoms with Crippen LogP contribution in [0.5, 0.6) is 0 Å². The molecule has 5 heteroatoms. The van der Waals surface area contributed by atoms with E-state index in [1.165, 1.54) is 6.20 Å². The summed E-state index contributed by atoms with van der Waals surface area (Å²) in [6, 6.07) is 15.1. The minimum Gasteiger partial charge on any atom is -0.382 e. The SMILES string of the molecule is O=c1cnn(CCNc2ccccc2Cl)c2ccccc12. The van der Waals surface area contributed by atoms with Crippen LogP contribution in [0.3, 0.4) is 0 Å². The molecule has 0 spiro atoms. The van der Waals surface area contributed by atoms with Gasteiger partial charge in [0.25, 0.3) is 0 Å². The normalized spacial score (nSPS) is 10.7.